The van der Waals surface area contributed by atoms with Crippen molar-refractivity contribution in [2.45, 2.75) is 6.42 Å². The Labute approximate surface area is 224 Å². The summed E-state index contributed by atoms with van der Waals surface area (Å²) in [4.78, 5) is 32.1. The Hall–Kier alpha value is -5.50. The van der Waals surface area contributed by atoms with Crippen molar-refractivity contribution >= 4 is 34.2 Å². The molecule has 0 atom stereocenters. The van der Waals surface area contributed by atoms with Crippen LogP contribution in [0, 0.1) is 10.1 Å². The number of anilines is 2. The number of non-ortho nitro benzene ring substituents is 1. The van der Waals surface area contributed by atoms with E-state index in [1.807, 2.05) is 79.0 Å². The number of hydrogen-bond acceptors (Lipinski definition) is 5. The van der Waals surface area contributed by atoms with Crippen LogP contribution in [0.1, 0.15) is 22.5 Å². The quantitative estimate of drug-likeness (QED) is 0.130. The summed E-state index contributed by atoms with van der Waals surface area (Å²) < 4.78 is 0. The van der Waals surface area contributed by atoms with Gasteiger partial charge in [-0.25, -0.2) is 4.98 Å². The predicted octanol–water partition coefficient (Wildman–Crippen LogP) is 6.51. The zero-order valence-corrected chi connectivity index (χ0v) is 20.7. The van der Waals surface area contributed by atoms with Gasteiger partial charge in [0.2, 0.25) is 0 Å². The molecule has 0 radical (unpaired) electrons. The number of H-pyrrole nitrogens is 1. The number of carbonyl (C=O) groups is 1. The van der Waals surface area contributed by atoms with Crippen molar-refractivity contribution in [3.63, 3.8) is 0 Å². The number of imidazole rings is 1. The number of fused-ring (bicyclic) bond motifs is 1. The number of nitrogens with one attached hydrogen (secondary N) is 3. The lowest BCUT2D eigenvalue weighted by atomic mass is 9.99. The summed E-state index contributed by atoms with van der Waals surface area (Å²) >= 11 is 0. The predicted molar refractivity (Wildman–Crippen MR) is 152 cm³/mol. The van der Waals surface area contributed by atoms with Crippen LogP contribution in [0.25, 0.3) is 22.5 Å². The number of hydrogen-bond donors (Lipinski definition) is 3. The Morgan fingerprint density at radius 2 is 1.62 bits per heavy atom. The normalized spacial score (nSPS) is 13.5. The summed E-state index contributed by atoms with van der Waals surface area (Å²) in [5, 5.41) is 17.6. The molecule has 0 spiro atoms. The number of rotatable bonds is 7. The molecule has 1 aliphatic rings. The van der Waals surface area contributed by atoms with Gasteiger partial charge in [0.1, 0.15) is 5.82 Å². The maximum absolute atomic E-state index is 13.1. The van der Waals surface area contributed by atoms with Crippen LogP contribution in [0.2, 0.25) is 0 Å². The molecule has 3 N–H and O–H groups in total. The molecule has 1 aromatic heterocycles. The van der Waals surface area contributed by atoms with E-state index in [1.165, 1.54) is 17.7 Å². The Balaban J connectivity index is 1.32. The number of aromatic amines is 1. The van der Waals surface area contributed by atoms with Crippen molar-refractivity contribution in [1.82, 2.24) is 9.97 Å². The molecule has 0 unspecified atom stereocenters. The lowest BCUT2D eigenvalue weighted by Crippen LogP contribution is -2.10. The van der Waals surface area contributed by atoms with E-state index in [0.29, 0.717) is 22.5 Å². The second-order valence-corrected chi connectivity index (χ2v) is 9.15. The lowest BCUT2D eigenvalue weighted by molar-refractivity contribution is -0.384. The first-order valence-electron chi connectivity index (χ1n) is 12.4. The summed E-state index contributed by atoms with van der Waals surface area (Å²) in [5.41, 5.74) is 6.37. The summed E-state index contributed by atoms with van der Waals surface area (Å²) in [6.07, 6.45) is 2.61. The minimum atomic E-state index is -0.463. The van der Waals surface area contributed by atoms with Gasteiger partial charge in [-0.1, -0.05) is 72.8 Å². The standard InChI is InChI=1S/C31H23N5O3/c37-31-29(25-18-24(36(38)39)15-16-26(25)35-31)30(22-9-5-2-6-10-22)33-23-13-11-21(12-14-23)27-19-32-28(34-27)17-20-7-3-1-4-8-20/h1-16,18-19,33H,17H2,(H,32,34)(H,35,37). The molecule has 4 aromatic carbocycles. The van der Waals surface area contributed by atoms with Crippen molar-refractivity contribution < 1.29 is 9.72 Å². The van der Waals surface area contributed by atoms with E-state index in [2.05, 4.69) is 27.8 Å². The van der Waals surface area contributed by atoms with Crippen molar-refractivity contribution in [2.24, 2.45) is 0 Å². The largest absolute Gasteiger partial charge is 0.354 e. The van der Waals surface area contributed by atoms with Gasteiger partial charge in [-0.3, -0.25) is 14.9 Å². The maximum Gasteiger partial charge on any atom is 0.270 e. The Bertz CT molecular complexity index is 1710. The van der Waals surface area contributed by atoms with Gasteiger partial charge in [0.05, 0.1) is 21.9 Å². The van der Waals surface area contributed by atoms with Gasteiger partial charge >= 0.3 is 0 Å². The molecule has 39 heavy (non-hydrogen) atoms. The molecular formula is C31H23N5O3. The minimum Gasteiger partial charge on any atom is -0.354 e. The number of carbonyl (C=O) groups excluding carboxylic acids is 1. The number of nitro benzene ring substituents is 1. The molecule has 1 amide bonds. The molecule has 0 saturated carbocycles. The van der Waals surface area contributed by atoms with Crippen LogP contribution in [-0.4, -0.2) is 20.8 Å². The topological polar surface area (TPSA) is 113 Å². The van der Waals surface area contributed by atoms with E-state index < -0.39 is 4.92 Å². The summed E-state index contributed by atoms with van der Waals surface area (Å²) in [6.45, 7) is 0. The van der Waals surface area contributed by atoms with Gasteiger partial charge in [0, 0.05) is 47.3 Å². The van der Waals surface area contributed by atoms with Gasteiger partial charge in [-0.05, 0) is 29.3 Å². The molecule has 8 nitrogen and oxygen atoms in total. The molecule has 0 aliphatic carbocycles. The molecule has 1 aliphatic heterocycles. The Morgan fingerprint density at radius 1 is 0.897 bits per heavy atom. The van der Waals surface area contributed by atoms with Gasteiger partial charge in [-0.15, -0.1) is 0 Å². The minimum absolute atomic E-state index is 0.0786. The zero-order valence-electron chi connectivity index (χ0n) is 20.7. The van der Waals surface area contributed by atoms with Crippen molar-refractivity contribution in [1.29, 1.82) is 0 Å². The third kappa shape index (κ3) is 4.91. The number of nitrogens with zero attached hydrogens (tertiary/aromatic N) is 2. The van der Waals surface area contributed by atoms with Crippen molar-refractivity contribution in [3.8, 4) is 11.3 Å². The average Bonchev–Trinajstić information content (AvgIpc) is 3.56. The van der Waals surface area contributed by atoms with Crippen LogP contribution in [0.4, 0.5) is 17.1 Å². The van der Waals surface area contributed by atoms with Gasteiger partial charge in [0.15, 0.2) is 0 Å². The molecule has 2 heterocycles. The highest BCUT2D eigenvalue weighted by Gasteiger charge is 2.30. The van der Waals surface area contributed by atoms with Crippen molar-refractivity contribution in [2.75, 3.05) is 10.6 Å². The van der Waals surface area contributed by atoms with Crippen LogP contribution in [0.5, 0.6) is 0 Å². The average molecular weight is 514 g/mol. The number of benzene rings is 4. The Morgan fingerprint density at radius 3 is 2.33 bits per heavy atom. The first-order valence-corrected chi connectivity index (χ1v) is 12.4. The zero-order chi connectivity index (χ0) is 26.8. The molecule has 190 valence electrons. The SMILES string of the molecule is O=C1Nc2ccc([N+](=O)[O-])cc2C1=C(Nc1ccc(-c2c[nH]c(Cc3ccccc3)n2)cc1)c1ccccc1. The van der Waals surface area contributed by atoms with E-state index in [4.69, 9.17) is 4.98 Å². The highest BCUT2D eigenvalue weighted by atomic mass is 16.6. The van der Waals surface area contributed by atoms with Crippen LogP contribution < -0.4 is 10.6 Å². The van der Waals surface area contributed by atoms with Gasteiger partial charge < -0.3 is 15.6 Å². The van der Waals surface area contributed by atoms with Gasteiger partial charge in [-0.2, -0.15) is 0 Å². The highest BCUT2D eigenvalue weighted by Crippen LogP contribution is 2.39. The molecule has 8 heteroatoms. The third-order valence-electron chi connectivity index (χ3n) is 6.57. The highest BCUT2D eigenvalue weighted by molar-refractivity contribution is 6.37. The van der Waals surface area contributed by atoms with Gasteiger partial charge in [0.25, 0.3) is 11.6 Å². The number of amides is 1. The Kier molecular flexibility index (Phi) is 6.18. The van der Waals surface area contributed by atoms with E-state index in [9.17, 15) is 14.9 Å². The third-order valence-corrected chi connectivity index (χ3v) is 6.57. The molecule has 5 aromatic rings. The molecule has 0 fully saturated rings. The molecule has 0 bridgehead atoms. The second kappa shape index (κ2) is 10.1. The van der Waals surface area contributed by atoms with Crippen LogP contribution >= 0.6 is 0 Å². The molecular weight excluding hydrogens is 490 g/mol. The van der Waals surface area contributed by atoms with E-state index in [1.54, 1.807) is 6.07 Å². The smallest absolute Gasteiger partial charge is 0.270 e. The first-order chi connectivity index (χ1) is 19.0. The lowest BCUT2D eigenvalue weighted by Gasteiger charge is -2.15. The fraction of sp³-hybridized carbons (Fsp3) is 0.0323. The van der Waals surface area contributed by atoms with Crippen LogP contribution in [0.3, 0.4) is 0 Å². The fourth-order valence-electron chi connectivity index (χ4n) is 4.66. The summed E-state index contributed by atoms with van der Waals surface area (Å²) in [7, 11) is 0. The molecule has 6 rings (SSSR count). The first kappa shape index (κ1) is 23.9. The van der Waals surface area contributed by atoms with Crippen LogP contribution in [0.15, 0.2) is 109 Å². The molecule has 0 saturated heterocycles. The van der Waals surface area contributed by atoms with Crippen molar-refractivity contribution in [3.05, 3.63) is 142 Å². The number of nitro groups is 1. The monoisotopic (exact) mass is 513 g/mol. The fourth-order valence-corrected chi connectivity index (χ4v) is 4.66. The summed E-state index contributed by atoms with van der Waals surface area (Å²) in [6, 6.07) is 31.8. The van der Waals surface area contributed by atoms with E-state index in [0.717, 1.165) is 34.8 Å². The van der Waals surface area contributed by atoms with E-state index in [-0.39, 0.29) is 11.6 Å². The van der Waals surface area contributed by atoms with E-state index >= 15 is 0 Å². The maximum atomic E-state index is 13.1. The number of aromatic nitrogens is 2. The van der Waals surface area contributed by atoms with Crippen LogP contribution in [-0.2, 0) is 11.2 Å². The summed E-state index contributed by atoms with van der Waals surface area (Å²) in [5.74, 6) is 0.561. The second-order valence-electron chi connectivity index (χ2n) is 9.15.